The van der Waals surface area contributed by atoms with E-state index in [1.54, 1.807) is 6.92 Å². The van der Waals surface area contributed by atoms with E-state index in [1.165, 1.54) is 7.11 Å². The van der Waals surface area contributed by atoms with E-state index < -0.39 is 6.10 Å². The van der Waals surface area contributed by atoms with Crippen molar-refractivity contribution in [2.75, 3.05) is 12.4 Å². The second-order valence-electron chi connectivity index (χ2n) is 4.94. The first-order chi connectivity index (χ1) is 9.43. The molecule has 1 atom stereocenters. The van der Waals surface area contributed by atoms with Gasteiger partial charge in [-0.25, -0.2) is 0 Å². The van der Waals surface area contributed by atoms with E-state index in [4.69, 9.17) is 4.74 Å². The summed E-state index contributed by atoms with van der Waals surface area (Å²) >= 11 is 0. The third-order valence-electron chi connectivity index (χ3n) is 2.94. The molecule has 0 heterocycles. The monoisotopic (exact) mass is 278 g/mol. The number of amides is 2. The SMILES string of the molecule is COC(C)C(=O)NCc1ccc(NC(=O)C(C)C)cc1. The molecule has 0 bridgehead atoms. The molecule has 1 rings (SSSR count). The zero-order chi connectivity index (χ0) is 15.1. The van der Waals surface area contributed by atoms with Crippen LogP contribution in [0.3, 0.4) is 0 Å². The fourth-order valence-corrected chi connectivity index (χ4v) is 1.43. The van der Waals surface area contributed by atoms with Crippen LogP contribution >= 0.6 is 0 Å². The Morgan fingerprint density at radius 1 is 1.10 bits per heavy atom. The van der Waals surface area contributed by atoms with Crippen LogP contribution < -0.4 is 10.6 Å². The van der Waals surface area contributed by atoms with Crippen LogP contribution in [0.15, 0.2) is 24.3 Å². The number of nitrogens with one attached hydrogen (secondary N) is 2. The van der Waals surface area contributed by atoms with E-state index in [9.17, 15) is 9.59 Å². The predicted octanol–water partition coefficient (Wildman–Crippen LogP) is 1.93. The summed E-state index contributed by atoms with van der Waals surface area (Å²) < 4.78 is 4.93. The third kappa shape index (κ3) is 5.01. The normalized spacial score (nSPS) is 12.1. The molecular weight excluding hydrogens is 256 g/mol. The largest absolute Gasteiger partial charge is 0.372 e. The van der Waals surface area contributed by atoms with E-state index >= 15 is 0 Å². The van der Waals surface area contributed by atoms with Gasteiger partial charge in [-0.05, 0) is 24.6 Å². The van der Waals surface area contributed by atoms with Crippen molar-refractivity contribution >= 4 is 17.5 Å². The van der Waals surface area contributed by atoms with Crippen LogP contribution in [-0.2, 0) is 20.9 Å². The van der Waals surface area contributed by atoms with E-state index in [2.05, 4.69) is 10.6 Å². The van der Waals surface area contributed by atoms with E-state index in [-0.39, 0.29) is 17.7 Å². The average Bonchev–Trinajstić information content (AvgIpc) is 2.45. The van der Waals surface area contributed by atoms with Crippen molar-refractivity contribution in [3.05, 3.63) is 29.8 Å². The zero-order valence-electron chi connectivity index (χ0n) is 12.4. The van der Waals surface area contributed by atoms with Crippen LogP contribution in [-0.4, -0.2) is 25.0 Å². The van der Waals surface area contributed by atoms with Crippen LogP contribution in [0.1, 0.15) is 26.3 Å². The minimum atomic E-state index is -0.459. The Bertz CT molecular complexity index is 455. The minimum absolute atomic E-state index is 0.0139. The Labute approximate surface area is 119 Å². The number of carbonyl (C=O) groups excluding carboxylic acids is 2. The van der Waals surface area contributed by atoms with Crippen molar-refractivity contribution in [1.82, 2.24) is 5.32 Å². The lowest BCUT2D eigenvalue weighted by atomic mass is 10.1. The number of benzene rings is 1. The second-order valence-corrected chi connectivity index (χ2v) is 4.94. The minimum Gasteiger partial charge on any atom is -0.372 e. The molecule has 0 spiro atoms. The van der Waals surface area contributed by atoms with Crippen LogP contribution in [0, 0.1) is 5.92 Å². The van der Waals surface area contributed by atoms with Gasteiger partial charge < -0.3 is 15.4 Å². The van der Waals surface area contributed by atoms with Gasteiger partial charge in [-0.1, -0.05) is 26.0 Å². The molecule has 0 saturated carbocycles. The van der Waals surface area contributed by atoms with E-state index in [1.807, 2.05) is 38.1 Å². The summed E-state index contributed by atoms with van der Waals surface area (Å²) in [5, 5.41) is 5.59. The summed E-state index contributed by atoms with van der Waals surface area (Å²) in [4.78, 5) is 23.1. The Hall–Kier alpha value is -1.88. The Morgan fingerprint density at radius 2 is 1.70 bits per heavy atom. The Balaban J connectivity index is 2.51. The van der Waals surface area contributed by atoms with Gasteiger partial charge in [-0.15, -0.1) is 0 Å². The molecule has 0 radical (unpaired) electrons. The third-order valence-corrected chi connectivity index (χ3v) is 2.94. The summed E-state index contributed by atoms with van der Waals surface area (Å²) in [5.41, 5.74) is 1.72. The van der Waals surface area contributed by atoms with Crippen molar-refractivity contribution in [2.45, 2.75) is 33.4 Å². The van der Waals surface area contributed by atoms with Gasteiger partial charge in [0.05, 0.1) is 0 Å². The maximum atomic E-state index is 11.5. The van der Waals surface area contributed by atoms with Crippen molar-refractivity contribution in [3.63, 3.8) is 0 Å². The topological polar surface area (TPSA) is 67.4 Å². The second kappa shape index (κ2) is 7.65. The van der Waals surface area contributed by atoms with Gasteiger partial charge in [0, 0.05) is 25.3 Å². The first-order valence-corrected chi connectivity index (χ1v) is 6.64. The van der Waals surface area contributed by atoms with Gasteiger partial charge in [-0.3, -0.25) is 9.59 Å². The summed E-state index contributed by atoms with van der Waals surface area (Å²) in [5.74, 6) is -0.214. The molecule has 5 nitrogen and oxygen atoms in total. The number of anilines is 1. The smallest absolute Gasteiger partial charge is 0.249 e. The van der Waals surface area contributed by atoms with Gasteiger partial charge in [0.25, 0.3) is 0 Å². The number of carbonyl (C=O) groups is 2. The molecule has 1 aromatic rings. The van der Waals surface area contributed by atoms with E-state index in [0.29, 0.717) is 6.54 Å². The lowest BCUT2D eigenvalue weighted by Gasteiger charge is -2.11. The molecule has 2 N–H and O–H groups in total. The molecule has 110 valence electrons. The van der Waals surface area contributed by atoms with Crippen LogP contribution in [0.4, 0.5) is 5.69 Å². The van der Waals surface area contributed by atoms with E-state index in [0.717, 1.165) is 11.3 Å². The average molecular weight is 278 g/mol. The predicted molar refractivity (Wildman–Crippen MR) is 78.2 cm³/mol. The molecule has 0 aliphatic heterocycles. The maximum Gasteiger partial charge on any atom is 0.249 e. The number of hydrogen-bond acceptors (Lipinski definition) is 3. The Kier molecular flexibility index (Phi) is 6.18. The summed E-state index contributed by atoms with van der Waals surface area (Å²) in [7, 11) is 1.50. The summed E-state index contributed by atoms with van der Waals surface area (Å²) in [6.07, 6.45) is -0.459. The van der Waals surface area contributed by atoms with Crippen molar-refractivity contribution in [2.24, 2.45) is 5.92 Å². The molecule has 20 heavy (non-hydrogen) atoms. The van der Waals surface area contributed by atoms with Crippen LogP contribution in [0.25, 0.3) is 0 Å². The number of methoxy groups -OCH3 is 1. The lowest BCUT2D eigenvalue weighted by molar-refractivity contribution is -0.130. The molecule has 5 heteroatoms. The fraction of sp³-hybridized carbons (Fsp3) is 0.467. The molecule has 0 saturated heterocycles. The molecule has 0 aliphatic rings. The maximum absolute atomic E-state index is 11.5. The van der Waals surface area contributed by atoms with Crippen LogP contribution in [0.2, 0.25) is 0 Å². The lowest BCUT2D eigenvalue weighted by Crippen LogP contribution is -2.33. The quantitative estimate of drug-likeness (QED) is 0.835. The van der Waals surface area contributed by atoms with Crippen LogP contribution in [0.5, 0.6) is 0 Å². The summed E-state index contributed by atoms with van der Waals surface area (Å²) in [6.45, 7) is 5.82. The highest BCUT2D eigenvalue weighted by Gasteiger charge is 2.10. The molecule has 0 aliphatic carbocycles. The standard InChI is InChI=1S/C15H22N2O3/c1-10(2)14(18)17-13-7-5-12(6-8-13)9-16-15(19)11(3)20-4/h5-8,10-11H,9H2,1-4H3,(H,16,19)(H,17,18). The molecule has 1 unspecified atom stereocenters. The Morgan fingerprint density at radius 3 is 2.20 bits per heavy atom. The van der Waals surface area contributed by atoms with Gasteiger partial charge >= 0.3 is 0 Å². The van der Waals surface area contributed by atoms with Gasteiger partial charge in [0.1, 0.15) is 6.10 Å². The fourth-order valence-electron chi connectivity index (χ4n) is 1.43. The molecule has 0 aromatic heterocycles. The zero-order valence-corrected chi connectivity index (χ0v) is 12.4. The summed E-state index contributed by atoms with van der Waals surface area (Å²) in [6, 6.07) is 7.38. The highest BCUT2D eigenvalue weighted by atomic mass is 16.5. The van der Waals surface area contributed by atoms with Crippen molar-refractivity contribution < 1.29 is 14.3 Å². The highest BCUT2D eigenvalue weighted by Crippen LogP contribution is 2.11. The first kappa shape index (κ1) is 16.2. The van der Waals surface area contributed by atoms with Gasteiger partial charge in [0.15, 0.2) is 0 Å². The van der Waals surface area contributed by atoms with Gasteiger partial charge in [0.2, 0.25) is 11.8 Å². The molecule has 0 fully saturated rings. The molecule has 1 aromatic carbocycles. The number of hydrogen-bond donors (Lipinski definition) is 2. The highest BCUT2D eigenvalue weighted by molar-refractivity contribution is 5.92. The first-order valence-electron chi connectivity index (χ1n) is 6.64. The van der Waals surface area contributed by atoms with Crippen molar-refractivity contribution in [1.29, 1.82) is 0 Å². The molecule has 2 amide bonds. The number of rotatable bonds is 6. The number of ether oxygens (including phenoxy) is 1. The van der Waals surface area contributed by atoms with Gasteiger partial charge in [-0.2, -0.15) is 0 Å². The molecular formula is C15H22N2O3. The van der Waals surface area contributed by atoms with Crippen molar-refractivity contribution in [3.8, 4) is 0 Å².